The molecule has 4 aromatic heterocycles. The van der Waals surface area contributed by atoms with Crippen LogP contribution in [0.1, 0.15) is 123 Å². The monoisotopic (exact) mass is 536 g/mol. The van der Waals surface area contributed by atoms with E-state index in [-0.39, 0.29) is 0 Å². The zero-order valence-corrected chi connectivity index (χ0v) is 25.2. The van der Waals surface area contributed by atoms with Crippen LogP contribution in [-0.2, 0) is 0 Å². The number of hydrogen-bond donors (Lipinski definition) is 0. The third-order valence-corrected chi connectivity index (χ3v) is 5.96. The van der Waals surface area contributed by atoms with Crippen molar-refractivity contribution in [1.29, 1.82) is 0 Å². The van der Waals surface area contributed by atoms with E-state index in [2.05, 4.69) is 67.6 Å². The number of aryl methyl sites for hydroxylation is 4. The maximum Gasteiger partial charge on any atom is 0.223 e. The van der Waals surface area contributed by atoms with E-state index in [0.29, 0.717) is 41.3 Å². The Hall–Kier alpha value is -2.60. The summed E-state index contributed by atoms with van der Waals surface area (Å²) in [5.74, 6) is 5.44. The van der Waals surface area contributed by atoms with E-state index in [4.69, 9.17) is 8.94 Å². The van der Waals surface area contributed by atoms with Gasteiger partial charge in [0.15, 0.2) is 5.82 Å². The van der Waals surface area contributed by atoms with Crippen molar-refractivity contribution in [3.05, 3.63) is 44.3 Å². The summed E-state index contributed by atoms with van der Waals surface area (Å²) in [6.45, 7) is 24.1. The van der Waals surface area contributed by atoms with Crippen molar-refractivity contribution in [3.8, 4) is 0 Å². The first-order valence-corrected chi connectivity index (χ1v) is 13.6. The van der Waals surface area contributed by atoms with Gasteiger partial charge in [-0.05, 0) is 25.4 Å². The lowest BCUT2D eigenvalue weighted by Gasteiger charge is -1.92. The third-order valence-electron chi connectivity index (χ3n) is 4.19. The highest BCUT2D eigenvalue weighted by molar-refractivity contribution is 7.11. The first kappa shape index (κ1) is 31.4. The second-order valence-electron chi connectivity index (χ2n) is 9.28. The molecule has 0 aliphatic carbocycles. The van der Waals surface area contributed by atoms with Gasteiger partial charge in [0.2, 0.25) is 17.7 Å². The molecular weight excluding hydrogens is 496 g/mol. The van der Waals surface area contributed by atoms with Crippen LogP contribution in [0, 0.1) is 27.7 Å². The second kappa shape index (κ2) is 15.5. The van der Waals surface area contributed by atoms with Crippen molar-refractivity contribution in [2.24, 2.45) is 0 Å². The van der Waals surface area contributed by atoms with Gasteiger partial charge in [0.1, 0.15) is 20.8 Å². The Bertz CT molecular complexity index is 952. The minimum atomic E-state index is 0.339. The number of rotatable bonds is 4. The SMILES string of the molecule is Cc1nc(C(C)C)no1.Cc1nc(C(C)C)ns1.Cc1nnc(C(C)C)o1.Cc1nnc(C(C)C)s1. The lowest BCUT2D eigenvalue weighted by atomic mass is 10.2. The zero-order chi connectivity index (χ0) is 27.4. The van der Waals surface area contributed by atoms with E-state index in [9.17, 15) is 0 Å². The van der Waals surface area contributed by atoms with Crippen LogP contribution < -0.4 is 0 Å². The molecule has 0 fully saturated rings. The van der Waals surface area contributed by atoms with Crippen LogP contribution in [0.15, 0.2) is 8.94 Å². The van der Waals surface area contributed by atoms with Crippen molar-refractivity contribution in [1.82, 2.24) is 39.9 Å². The summed E-state index contributed by atoms with van der Waals surface area (Å²) in [7, 11) is 0. The van der Waals surface area contributed by atoms with Gasteiger partial charge in [-0.25, -0.2) is 4.98 Å². The van der Waals surface area contributed by atoms with Gasteiger partial charge in [-0.3, -0.25) is 0 Å². The highest BCUT2D eigenvalue weighted by atomic mass is 32.1. The maximum atomic E-state index is 5.12. The quantitative estimate of drug-likeness (QED) is 0.270. The molecule has 0 atom stereocenters. The molecule has 0 aromatic carbocycles. The topological polar surface area (TPSA) is 129 Å². The molecule has 0 saturated heterocycles. The standard InChI is InChI=1S/2C6H10N2O.2C6H10N2S/c1-4(2)6-8-7-5(3)9-6;1-4(2)6-7-5(3)9-8-6;1-4(2)6-8-7-5(3)9-6;1-4(2)6-7-5(3)9-8-6/h4*4H,1-3H3. The Morgan fingerprint density at radius 3 is 1.47 bits per heavy atom. The Balaban J connectivity index is 0.000000240. The van der Waals surface area contributed by atoms with Crippen LogP contribution in [0.4, 0.5) is 0 Å². The maximum absolute atomic E-state index is 5.12. The molecule has 12 heteroatoms. The number of aromatic nitrogens is 8. The van der Waals surface area contributed by atoms with Crippen molar-refractivity contribution in [3.63, 3.8) is 0 Å². The summed E-state index contributed by atoms with van der Waals surface area (Å²) in [5.41, 5.74) is 0. The Labute approximate surface area is 222 Å². The molecule has 0 aliphatic heterocycles. The van der Waals surface area contributed by atoms with Gasteiger partial charge < -0.3 is 8.94 Å². The van der Waals surface area contributed by atoms with Crippen molar-refractivity contribution < 1.29 is 8.94 Å². The summed E-state index contributed by atoms with van der Waals surface area (Å²) < 4.78 is 14.0. The molecule has 0 amide bonds. The van der Waals surface area contributed by atoms with Crippen molar-refractivity contribution >= 4 is 22.9 Å². The van der Waals surface area contributed by atoms with Crippen molar-refractivity contribution in [2.75, 3.05) is 0 Å². The molecule has 0 spiro atoms. The lowest BCUT2D eigenvalue weighted by Crippen LogP contribution is -1.88. The summed E-state index contributed by atoms with van der Waals surface area (Å²) in [4.78, 5) is 8.25. The predicted molar refractivity (Wildman–Crippen MR) is 144 cm³/mol. The first-order valence-electron chi connectivity index (χ1n) is 12.0. The van der Waals surface area contributed by atoms with Crippen LogP contribution in [0.5, 0.6) is 0 Å². The normalized spacial score (nSPS) is 10.7. The average molecular weight is 537 g/mol. The number of hydrogen-bond acceptors (Lipinski definition) is 12. The van der Waals surface area contributed by atoms with Crippen LogP contribution in [0.2, 0.25) is 0 Å². The summed E-state index contributed by atoms with van der Waals surface area (Å²) in [5, 5.41) is 22.4. The summed E-state index contributed by atoms with van der Waals surface area (Å²) in [6, 6.07) is 0. The minimum Gasteiger partial charge on any atom is -0.425 e. The molecule has 0 N–H and O–H groups in total. The zero-order valence-electron chi connectivity index (χ0n) is 23.5. The fourth-order valence-electron chi connectivity index (χ4n) is 2.19. The molecule has 0 aliphatic rings. The fourth-order valence-corrected chi connectivity index (χ4v) is 3.50. The molecule has 10 nitrogen and oxygen atoms in total. The van der Waals surface area contributed by atoms with E-state index in [1.165, 1.54) is 11.5 Å². The Morgan fingerprint density at radius 1 is 0.611 bits per heavy atom. The fraction of sp³-hybridized carbons (Fsp3) is 0.667. The largest absolute Gasteiger partial charge is 0.425 e. The molecule has 4 rings (SSSR count). The smallest absolute Gasteiger partial charge is 0.223 e. The third kappa shape index (κ3) is 11.9. The van der Waals surface area contributed by atoms with E-state index in [1.807, 2.05) is 41.5 Å². The van der Waals surface area contributed by atoms with Gasteiger partial charge in [0.05, 0.1) is 0 Å². The van der Waals surface area contributed by atoms with E-state index < -0.39 is 0 Å². The summed E-state index contributed by atoms with van der Waals surface area (Å²) >= 11 is 3.15. The highest BCUT2D eigenvalue weighted by Crippen LogP contribution is 2.17. The van der Waals surface area contributed by atoms with Crippen LogP contribution >= 0.6 is 22.9 Å². The van der Waals surface area contributed by atoms with Gasteiger partial charge >= 0.3 is 0 Å². The van der Waals surface area contributed by atoms with Gasteiger partial charge in [-0.1, -0.05) is 60.5 Å². The first-order chi connectivity index (χ1) is 16.8. The van der Waals surface area contributed by atoms with Gasteiger partial charge in [0, 0.05) is 37.5 Å². The molecule has 0 unspecified atom stereocenters. The minimum absolute atomic E-state index is 0.339. The molecule has 4 heterocycles. The predicted octanol–water partition coefficient (Wildman–Crippen LogP) is 6.94. The average Bonchev–Trinajstić information content (AvgIpc) is 3.58. The summed E-state index contributed by atoms with van der Waals surface area (Å²) in [6.07, 6.45) is 0. The van der Waals surface area contributed by atoms with Gasteiger partial charge in [0.25, 0.3) is 0 Å². The molecular formula is C24H40N8O2S2. The molecule has 4 aromatic rings. The molecule has 0 saturated carbocycles. The Morgan fingerprint density at radius 2 is 1.25 bits per heavy atom. The highest BCUT2D eigenvalue weighted by Gasteiger charge is 2.06. The Kier molecular flexibility index (Phi) is 13.5. The lowest BCUT2D eigenvalue weighted by molar-refractivity contribution is 0.385. The van der Waals surface area contributed by atoms with E-state index in [0.717, 1.165) is 26.7 Å². The van der Waals surface area contributed by atoms with Gasteiger partial charge in [-0.15, -0.1) is 31.7 Å². The van der Waals surface area contributed by atoms with E-state index in [1.54, 1.807) is 25.2 Å². The molecule has 0 radical (unpaired) electrons. The van der Waals surface area contributed by atoms with Crippen molar-refractivity contribution in [2.45, 2.75) is 107 Å². The van der Waals surface area contributed by atoms with Crippen LogP contribution in [0.25, 0.3) is 0 Å². The molecule has 0 bridgehead atoms. The second-order valence-corrected chi connectivity index (χ2v) is 11.4. The van der Waals surface area contributed by atoms with Gasteiger partial charge in [-0.2, -0.15) is 9.36 Å². The van der Waals surface area contributed by atoms with E-state index >= 15 is 0 Å². The molecule has 200 valence electrons. The number of nitrogens with zero attached hydrogens (tertiary/aromatic N) is 8. The molecule has 36 heavy (non-hydrogen) atoms. The van der Waals surface area contributed by atoms with Crippen LogP contribution in [-0.4, -0.2) is 39.9 Å². The van der Waals surface area contributed by atoms with Crippen LogP contribution in [0.3, 0.4) is 0 Å².